The van der Waals surface area contributed by atoms with Gasteiger partial charge in [0.25, 0.3) is 5.56 Å². The van der Waals surface area contributed by atoms with Crippen LogP contribution in [-0.4, -0.2) is 53.5 Å². The van der Waals surface area contributed by atoms with Crippen LogP contribution in [0.15, 0.2) is 4.79 Å². The fraction of sp³-hybridized carbons (Fsp3) is 0.692. The summed E-state index contributed by atoms with van der Waals surface area (Å²) in [5, 5.41) is 0. The molecule has 1 aromatic rings. The van der Waals surface area contributed by atoms with Gasteiger partial charge in [0.15, 0.2) is 0 Å². The Bertz CT molecular complexity index is 482. The number of nitrogens with zero attached hydrogens (tertiary/aromatic N) is 3. The van der Waals surface area contributed by atoms with Gasteiger partial charge < -0.3 is 9.88 Å². The van der Waals surface area contributed by atoms with Crippen molar-refractivity contribution in [1.82, 2.24) is 19.8 Å². The monoisotopic (exact) mass is 250 g/mol. The van der Waals surface area contributed by atoms with Gasteiger partial charge in [-0.05, 0) is 47.5 Å². The molecule has 0 amide bonds. The Hall–Kier alpha value is -1.20. The number of hydrogen-bond acceptors (Lipinski definition) is 4. The maximum atomic E-state index is 11.8. The van der Waals surface area contributed by atoms with Crippen LogP contribution in [0.1, 0.15) is 29.5 Å². The molecule has 2 rings (SSSR count). The van der Waals surface area contributed by atoms with Crippen molar-refractivity contribution in [1.29, 1.82) is 0 Å². The van der Waals surface area contributed by atoms with Crippen LogP contribution in [0, 0.1) is 13.8 Å². The zero-order valence-corrected chi connectivity index (χ0v) is 11.7. The van der Waals surface area contributed by atoms with Crippen molar-refractivity contribution in [2.75, 3.05) is 33.7 Å². The number of aromatic amines is 1. The largest absolute Gasteiger partial charge is 0.309 e. The summed E-state index contributed by atoms with van der Waals surface area (Å²) >= 11 is 0. The SMILES string of the molecule is Cc1nc(C2CN(C)CCCN2C)[nH]c(=O)c1C. The molecule has 1 aliphatic rings. The fourth-order valence-corrected chi connectivity index (χ4v) is 2.39. The van der Waals surface area contributed by atoms with Crippen molar-refractivity contribution in [3.63, 3.8) is 0 Å². The summed E-state index contributed by atoms with van der Waals surface area (Å²) in [5.41, 5.74) is 1.52. The molecule has 1 saturated heterocycles. The van der Waals surface area contributed by atoms with E-state index in [4.69, 9.17) is 0 Å². The summed E-state index contributed by atoms with van der Waals surface area (Å²) in [6, 6.07) is 0.171. The molecule has 1 atom stereocenters. The highest BCUT2D eigenvalue weighted by Crippen LogP contribution is 2.19. The maximum Gasteiger partial charge on any atom is 0.254 e. The van der Waals surface area contributed by atoms with Crippen LogP contribution in [-0.2, 0) is 0 Å². The highest BCUT2D eigenvalue weighted by atomic mass is 16.1. The Labute approximate surface area is 108 Å². The smallest absolute Gasteiger partial charge is 0.254 e. The topological polar surface area (TPSA) is 52.2 Å². The Balaban J connectivity index is 2.36. The van der Waals surface area contributed by atoms with Crippen molar-refractivity contribution < 1.29 is 0 Å². The van der Waals surface area contributed by atoms with E-state index in [1.807, 2.05) is 13.8 Å². The third-order valence-corrected chi connectivity index (χ3v) is 3.80. The van der Waals surface area contributed by atoms with Gasteiger partial charge in [0.05, 0.1) is 6.04 Å². The molecule has 2 heterocycles. The first-order chi connectivity index (χ1) is 8.49. The standard InChI is InChI=1S/C13H22N4O/c1-9-10(2)14-12(15-13(9)18)11-8-16(3)6-5-7-17(11)4/h11H,5-8H2,1-4H3,(H,14,15,18). The first-order valence-electron chi connectivity index (χ1n) is 6.45. The summed E-state index contributed by atoms with van der Waals surface area (Å²) in [4.78, 5) is 23.9. The normalized spacial score (nSPS) is 23.0. The van der Waals surface area contributed by atoms with Gasteiger partial charge in [-0.2, -0.15) is 0 Å². The molecule has 5 heteroatoms. The van der Waals surface area contributed by atoms with E-state index in [2.05, 4.69) is 33.9 Å². The number of aromatic nitrogens is 2. The molecular weight excluding hydrogens is 228 g/mol. The van der Waals surface area contributed by atoms with Gasteiger partial charge >= 0.3 is 0 Å². The number of likely N-dealkylation sites (N-methyl/N-ethyl adjacent to an activating group) is 2. The fourth-order valence-electron chi connectivity index (χ4n) is 2.39. The molecule has 0 aromatic carbocycles. The third-order valence-electron chi connectivity index (χ3n) is 3.80. The van der Waals surface area contributed by atoms with Crippen LogP contribution in [0.3, 0.4) is 0 Å². The molecule has 100 valence electrons. The van der Waals surface area contributed by atoms with Gasteiger partial charge in [0.1, 0.15) is 5.82 Å². The Morgan fingerprint density at radius 3 is 2.67 bits per heavy atom. The van der Waals surface area contributed by atoms with E-state index >= 15 is 0 Å². The average Bonchev–Trinajstić information content (AvgIpc) is 2.47. The molecular formula is C13H22N4O. The van der Waals surface area contributed by atoms with Crippen molar-refractivity contribution >= 4 is 0 Å². The molecule has 1 fully saturated rings. The molecule has 18 heavy (non-hydrogen) atoms. The molecule has 0 aliphatic carbocycles. The molecule has 0 saturated carbocycles. The van der Waals surface area contributed by atoms with Crippen molar-refractivity contribution in [3.8, 4) is 0 Å². The molecule has 0 radical (unpaired) electrons. The lowest BCUT2D eigenvalue weighted by atomic mass is 10.2. The van der Waals surface area contributed by atoms with E-state index in [0.717, 1.165) is 37.6 Å². The van der Waals surface area contributed by atoms with E-state index in [-0.39, 0.29) is 11.6 Å². The Morgan fingerprint density at radius 1 is 1.28 bits per heavy atom. The summed E-state index contributed by atoms with van der Waals surface area (Å²) < 4.78 is 0. The first-order valence-corrected chi connectivity index (χ1v) is 6.45. The molecule has 1 aliphatic heterocycles. The zero-order chi connectivity index (χ0) is 13.3. The van der Waals surface area contributed by atoms with E-state index in [1.54, 1.807) is 0 Å². The summed E-state index contributed by atoms with van der Waals surface area (Å²) in [6.07, 6.45) is 1.15. The number of hydrogen-bond donors (Lipinski definition) is 1. The maximum absolute atomic E-state index is 11.8. The molecule has 0 bridgehead atoms. The minimum Gasteiger partial charge on any atom is -0.309 e. The van der Waals surface area contributed by atoms with E-state index in [0.29, 0.717) is 5.56 Å². The third kappa shape index (κ3) is 2.62. The highest BCUT2D eigenvalue weighted by molar-refractivity contribution is 5.15. The Morgan fingerprint density at radius 2 is 2.00 bits per heavy atom. The van der Waals surface area contributed by atoms with Gasteiger partial charge in [-0.1, -0.05) is 0 Å². The van der Waals surface area contributed by atoms with Crippen LogP contribution in [0.5, 0.6) is 0 Å². The lowest BCUT2D eigenvalue weighted by Crippen LogP contribution is -2.33. The molecule has 0 spiro atoms. The number of aryl methyl sites for hydroxylation is 1. The molecule has 1 N–H and O–H groups in total. The van der Waals surface area contributed by atoms with E-state index in [1.165, 1.54) is 0 Å². The molecule has 1 unspecified atom stereocenters. The first kappa shape index (κ1) is 13.2. The van der Waals surface area contributed by atoms with Gasteiger partial charge in [-0.15, -0.1) is 0 Å². The predicted molar refractivity (Wildman–Crippen MR) is 71.8 cm³/mol. The average molecular weight is 250 g/mol. The number of nitrogens with one attached hydrogen (secondary N) is 1. The highest BCUT2D eigenvalue weighted by Gasteiger charge is 2.24. The van der Waals surface area contributed by atoms with Crippen LogP contribution >= 0.6 is 0 Å². The van der Waals surface area contributed by atoms with Crippen LogP contribution in [0.2, 0.25) is 0 Å². The summed E-state index contributed by atoms with van der Waals surface area (Å²) in [7, 11) is 4.21. The summed E-state index contributed by atoms with van der Waals surface area (Å²) in [6.45, 7) is 6.74. The van der Waals surface area contributed by atoms with E-state index in [9.17, 15) is 4.79 Å². The van der Waals surface area contributed by atoms with Crippen molar-refractivity contribution in [3.05, 3.63) is 27.4 Å². The van der Waals surface area contributed by atoms with Crippen molar-refractivity contribution in [2.45, 2.75) is 26.3 Å². The van der Waals surface area contributed by atoms with Crippen LogP contribution in [0.4, 0.5) is 0 Å². The van der Waals surface area contributed by atoms with Gasteiger partial charge in [-0.25, -0.2) is 4.98 Å². The minimum absolute atomic E-state index is 0.0159. The second kappa shape index (κ2) is 5.20. The summed E-state index contributed by atoms with van der Waals surface area (Å²) in [5.74, 6) is 0.791. The van der Waals surface area contributed by atoms with Crippen LogP contribution in [0.25, 0.3) is 0 Å². The van der Waals surface area contributed by atoms with Crippen LogP contribution < -0.4 is 5.56 Å². The Kier molecular flexibility index (Phi) is 3.82. The van der Waals surface area contributed by atoms with Gasteiger partial charge in [0, 0.05) is 17.8 Å². The lowest BCUT2D eigenvalue weighted by molar-refractivity contribution is 0.219. The molecule has 1 aromatic heterocycles. The predicted octanol–water partition coefficient (Wildman–Crippen LogP) is 0.695. The van der Waals surface area contributed by atoms with Gasteiger partial charge in [-0.3, -0.25) is 9.69 Å². The van der Waals surface area contributed by atoms with Crippen molar-refractivity contribution in [2.24, 2.45) is 0 Å². The van der Waals surface area contributed by atoms with E-state index < -0.39 is 0 Å². The minimum atomic E-state index is -0.0159. The lowest BCUT2D eigenvalue weighted by Gasteiger charge is -2.26. The van der Waals surface area contributed by atoms with Gasteiger partial charge in [0.2, 0.25) is 0 Å². The number of H-pyrrole nitrogens is 1. The number of rotatable bonds is 1. The zero-order valence-electron chi connectivity index (χ0n) is 11.7. The molecule has 5 nitrogen and oxygen atoms in total. The second-order valence-electron chi connectivity index (χ2n) is 5.27. The second-order valence-corrected chi connectivity index (χ2v) is 5.27. The quantitative estimate of drug-likeness (QED) is 0.797.